The van der Waals surface area contributed by atoms with Crippen LogP contribution >= 0.6 is 0 Å². The highest BCUT2D eigenvalue weighted by Gasteiger charge is 2.44. The highest BCUT2D eigenvalue weighted by molar-refractivity contribution is 5.31. The first-order valence-corrected chi connectivity index (χ1v) is 7.20. The number of aliphatic hydroxyl groups is 1. The third kappa shape index (κ3) is 2.25. The largest absolute Gasteiger partial charge is 0.497 e. The van der Waals surface area contributed by atoms with Crippen molar-refractivity contribution in [3.63, 3.8) is 0 Å². The van der Waals surface area contributed by atoms with E-state index in [0.717, 1.165) is 18.6 Å². The Morgan fingerprint density at radius 1 is 1.35 bits per heavy atom. The summed E-state index contributed by atoms with van der Waals surface area (Å²) in [7, 11) is 1.68. The van der Waals surface area contributed by atoms with Gasteiger partial charge >= 0.3 is 0 Å². The number of ether oxygens (including phenoxy) is 2. The van der Waals surface area contributed by atoms with Crippen molar-refractivity contribution in [3.8, 4) is 5.75 Å². The van der Waals surface area contributed by atoms with Gasteiger partial charge in [-0.15, -0.1) is 0 Å². The van der Waals surface area contributed by atoms with E-state index in [1.54, 1.807) is 7.11 Å². The van der Waals surface area contributed by atoms with Crippen LogP contribution in [0.3, 0.4) is 0 Å². The van der Waals surface area contributed by atoms with Crippen molar-refractivity contribution in [2.45, 2.75) is 25.9 Å². The number of hydrogen-bond donors (Lipinski definition) is 1. The second kappa shape index (κ2) is 5.23. The van der Waals surface area contributed by atoms with Crippen molar-refractivity contribution in [2.75, 3.05) is 20.3 Å². The Morgan fingerprint density at radius 2 is 2.10 bits per heavy atom. The van der Waals surface area contributed by atoms with E-state index in [1.807, 2.05) is 12.1 Å². The van der Waals surface area contributed by atoms with Crippen molar-refractivity contribution in [1.29, 1.82) is 0 Å². The van der Waals surface area contributed by atoms with Crippen molar-refractivity contribution >= 4 is 0 Å². The van der Waals surface area contributed by atoms with E-state index in [9.17, 15) is 5.11 Å². The molecule has 1 saturated heterocycles. The van der Waals surface area contributed by atoms with Crippen LogP contribution < -0.4 is 4.74 Å². The highest BCUT2D eigenvalue weighted by atomic mass is 16.5. The number of hydrogen-bond acceptors (Lipinski definition) is 3. The molecule has 3 heteroatoms. The number of aliphatic hydroxyl groups excluding tert-OH is 1. The number of methoxy groups -OCH3 is 1. The second-order valence-corrected chi connectivity index (χ2v) is 6.13. The minimum absolute atomic E-state index is 0.0624. The molecule has 0 saturated carbocycles. The number of benzene rings is 1. The summed E-state index contributed by atoms with van der Waals surface area (Å²) in [5.41, 5.74) is 2.51. The average molecular weight is 274 g/mol. The third-order valence-corrected chi connectivity index (χ3v) is 4.81. The van der Waals surface area contributed by atoms with Gasteiger partial charge in [0.1, 0.15) is 5.75 Å². The van der Waals surface area contributed by atoms with E-state index in [1.165, 1.54) is 11.1 Å². The van der Waals surface area contributed by atoms with E-state index in [4.69, 9.17) is 9.47 Å². The summed E-state index contributed by atoms with van der Waals surface area (Å²) in [6, 6.07) is 8.12. The van der Waals surface area contributed by atoms with Crippen molar-refractivity contribution in [3.05, 3.63) is 41.5 Å². The molecule has 3 atom stereocenters. The molecule has 3 nitrogen and oxygen atoms in total. The van der Waals surface area contributed by atoms with Gasteiger partial charge in [-0.25, -0.2) is 0 Å². The van der Waals surface area contributed by atoms with Crippen LogP contribution in [0, 0.1) is 11.3 Å². The van der Waals surface area contributed by atoms with Crippen molar-refractivity contribution in [2.24, 2.45) is 11.3 Å². The number of fused-ring (bicyclic) bond motifs is 2. The lowest BCUT2D eigenvalue weighted by Crippen LogP contribution is -2.43. The molecule has 2 aliphatic rings. The lowest BCUT2D eigenvalue weighted by Gasteiger charge is -2.47. The van der Waals surface area contributed by atoms with Gasteiger partial charge in [0.05, 0.1) is 26.4 Å². The molecule has 108 valence electrons. The Kier molecular flexibility index (Phi) is 3.57. The van der Waals surface area contributed by atoms with Crippen LogP contribution in [0.5, 0.6) is 5.75 Å². The maximum absolute atomic E-state index is 9.68. The zero-order chi connectivity index (χ0) is 14.2. The monoisotopic (exact) mass is 274 g/mol. The van der Waals surface area contributed by atoms with Gasteiger partial charge < -0.3 is 14.6 Å². The first kappa shape index (κ1) is 13.7. The third-order valence-electron chi connectivity index (χ3n) is 4.81. The molecule has 1 heterocycles. The normalized spacial score (nSPS) is 32.6. The molecule has 0 spiro atoms. The Bertz CT molecular complexity index is 505. The van der Waals surface area contributed by atoms with Crippen LogP contribution in [-0.4, -0.2) is 25.4 Å². The van der Waals surface area contributed by atoms with Gasteiger partial charge in [0, 0.05) is 11.3 Å². The van der Waals surface area contributed by atoms with Crippen LogP contribution in [-0.2, 0) is 4.74 Å². The molecule has 1 N–H and O–H groups in total. The van der Waals surface area contributed by atoms with Crippen molar-refractivity contribution < 1.29 is 14.6 Å². The van der Waals surface area contributed by atoms with Crippen LogP contribution in [0.15, 0.2) is 35.9 Å². The van der Waals surface area contributed by atoms with Crippen LogP contribution in [0.25, 0.3) is 0 Å². The molecular weight excluding hydrogens is 252 g/mol. The maximum atomic E-state index is 9.68. The molecular formula is C17H22O3. The highest BCUT2D eigenvalue weighted by Crippen LogP contribution is 2.50. The van der Waals surface area contributed by atoms with Gasteiger partial charge in [-0.1, -0.05) is 23.8 Å². The maximum Gasteiger partial charge on any atom is 0.118 e. The lowest BCUT2D eigenvalue weighted by atomic mass is 9.67. The summed E-state index contributed by atoms with van der Waals surface area (Å²) in [6.45, 7) is 3.03. The predicted molar refractivity (Wildman–Crippen MR) is 77.7 cm³/mol. The summed E-state index contributed by atoms with van der Waals surface area (Å²) < 4.78 is 11.3. The van der Waals surface area contributed by atoms with E-state index < -0.39 is 0 Å². The lowest BCUT2D eigenvalue weighted by molar-refractivity contribution is -0.113. The van der Waals surface area contributed by atoms with Crippen LogP contribution in [0.4, 0.5) is 0 Å². The molecule has 1 fully saturated rings. The summed E-state index contributed by atoms with van der Waals surface area (Å²) in [5, 5.41) is 9.68. The van der Waals surface area contributed by atoms with E-state index in [0.29, 0.717) is 12.5 Å². The molecule has 3 rings (SSSR count). The van der Waals surface area contributed by atoms with Gasteiger partial charge in [0.25, 0.3) is 0 Å². The zero-order valence-corrected chi connectivity index (χ0v) is 12.1. The van der Waals surface area contributed by atoms with Gasteiger partial charge in [-0.3, -0.25) is 0 Å². The topological polar surface area (TPSA) is 38.7 Å². The molecule has 0 aromatic heterocycles. The minimum atomic E-state index is -0.0624. The van der Waals surface area contributed by atoms with E-state index >= 15 is 0 Å². The standard InChI is InChI=1S/C17H22O3/c1-12-7-8-17(10-18)9-15(12)16(20-11-17)13-3-5-14(19-2)6-4-13/h3-7,15-16,18H,8-11H2,1-2H3/t15-,16+,17+/m1/s1. The molecule has 0 unspecified atom stereocenters. The Morgan fingerprint density at radius 3 is 2.75 bits per heavy atom. The average Bonchev–Trinajstić information content (AvgIpc) is 2.52. The van der Waals surface area contributed by atoms with Crippen molar-refractivity contribution in [1.82, 2.24) is 0 Å². The number of rotatable bonds is 3. The fourth-order valence-electron chi connectivity index (χ4n) is 3.38. The molecule has 1 aromatic carbocycles. The quantitative estimate of drug-likeness (QED) is 0.861. The summed E-state index contributed by atoms with van der Waals surface area (Å²) >= 11 is 0. The van der Waals surface area contributed by atoms with E-state index in [2.05, 4.69) is 25.1 Å². The molecule has 1 aliphatic heterocycles. The van der Waals surface area contributed by atoms with Crippen LogP contribution in [0.1, 0.15) is 31.4 Å². The van der Waals surface area contributed by atoms with Crippen LogP contribution in [0.2, 0.25) is 0 Å². The van der Waals surface area contributed by atoms with E-state index in [-0.39, 0.29) is 18.1 Å². The minimum Gasteiger partial charge on any atom is -0.497 e. The predicted octanol–water partition coefficient (Wildman–Crippen LogP) is 3.10. The second-order valence-electron chi connectivity index (χ2n) is 6.13. The molecule has 1 aromatic rings. The summed E-state index contributed by atoms with van der Waals surface area (Å²) in [4.78, 5) is 0. The Hall–Kier alpha value is -1.32. The zero-order valence-electron chi connectivity index (χ0n) is 12.1. The fourth-order valence-corrected chi connectivity index (χ4v) is 3.38. The first-order valence-electron chi connectivity index (χ1n) is 7.20. The molecule has 1 aliphatic carbocycles. The Balaban J connectivity index is 1.87. The Labute approximate surface area is 120 Å². The first-order chi connectivity index (χ1) is 9.67. The molecule has 20 heavy (non-hydrogen) atoms. The summed E-state index contributed by atoms with van der Waals surface area (Å²) in [5.74, 6) is 1.24. The summed E-state index contributed by atoms with van der Waals surface area (Å²) in [6.07, 6.45) is 4.32. The van der Waals surface area contributed by atoms with Gasteiger partial charge in [0.2, 0.25) is 0 Å². The molecule has 0 amide bonds. The smallest absolute Gasteiger partial charge is 0.118 e. The van der Waals surface area contributed by atoms with Gasteiger partial charge in [-0.2, -0.15) is 0 Å². The number of allylic oxidation sites excluding steroid dienone is 1. The fraction of sp³-hybridized carbons (Fsp3) is 0.529. The van der Waals surface area contributed by atoms with Gasteiger partial charge in [0.15, 0.2) is 0 Å². The SMILES string of the molecule is COc1ccc([C@@H]2OC[C@@]3(CO)CC=C(C)[C@H]2C3)cc1. The molecule has 2 bridgehead atoms. The van der Waals surface area contributed by atoms with Gasteiger partial charge in [-0.05, 0) is 37.5 Å². The molecule has 0 radical (unpaired) electrons.